The molecule has 0 aliphatic carbocycles. The number of hydrogen-bond acceptors (Lipinski definition) is 4. The molecule has 3 heterocycles. The SMILES string of the molecule is Cc1cccc(C2CNNC2C2CCN(C(=O)c3cnn(C)c3)CC2)c1. The molecule has 2 N–H and O–H groups in total. The first kappa shape index (κ1) is 17.2. The third-order valence-corrected chi connectivity index (χ3v) is 5.78. The van der Waals surface area contributed by atoms with E-state index in [0.717, 1.165) is 32.5 Å². The Morgan fingerprint density at radius 3 is 2.77 bits per heavy atom. The minimum absolute atomic E-state index is 0.101. The van der Waals surface area contributed by atoms with Crippen molar-refractivity contribution in [1.82, 2.24) is 25.5 Å². The van der Waals surface area contributed by atoms with Gasteiger partial charge >= 0.3 is 0 Å². The van der Waals surface area contributed by atoms with Gasteiger partial charge in [0, 0.05) is 44.8 Å². The Balaban J connectivity index is 1.40. The number of likely N-dealkylation sites (tertiary alicyclic amines) is 1. The fourth-order valence-electron chi connectivity index (χ4n) is 4.36. The van der Waals surface area contributed by atoms with Crippen molar-refractivity contribution in [1.29, 1.82) is 0 Å². The highest BCUT2D eigenvalue weighted by Gasteiger charge is 2.37. The minimum atomic E-state index is 0.101. The van der Waals surface area contributed by atoms with Crippen LogP contribution in [0.2, 0.25) is 0 Å². The van der Waals surface area contributed by atoms with Crippen LogP contribution >= 0.6 is 0 Å². The zero-order chi connectivity index (χ0) is 18.1. The maximum atomic E-state index is 12.6. The van der Waals surface area contributed by atoms with Gasteiger partial charge < -0.3 is 4.90 Å². The molecule has 4 rings (SSSR count). The van der Waals surface area contributed by atoms with Crippen molar-refractivity contribution in [3.05, 3.63) is 53.3 Å². The van der Waals surface area contributed by atoms with E-state index in [1.807, 2.05) is 11.9 Å². The molecule has 2 saturated heterocycles. The molecule has 0 saturated carbocycles. The summed E-state index contributed by atoms with van der Waals surface area (Å²) >= 11 is 0. The third kappa shape index (κ3) is 3.39. The summed E-state index contributed by atoms with van der Waals surface area (Å²) in [5.41, 5.74) is 10.3. The van der Waals surface area contributed by atoms with E-state index in [9.17, 15) is 4.79 Å². The molecule has 6 nitrogen and oxygen atoms in total. The Morgan fingerprint density at radius 1 is 1.27 bits per heavy atom. The van der Waals surface area contributed by atoms with Crippen LogP contribution in [-0.4, -0.2) is 46.3 Å². The maximum Gasteiger partial charge on any atom is 0.257 e. The van der Waals surface area contributed by atoms with Gasteiger partial charge in [-0.1, -0.05) is 29.8 Å². The summed E-state index contributed by atoms with van der Waals surface area (Å²) < 4.78 is 1.68. The lowest BCUT2D eigenvalue weighted by atomic mass is 9.80. The number of piperidine rings is 1. The predicted molar refractivity (Wildman–Crippen MR) is 101 cm³/mol. The fraction of sp³-hybridized carbons (Fsp3) is 0.500. The Labute approximate surface area is 154 Å². The van der Waals surface area contributed by atoms with Crippen LogP contribution in [0.1, 0.15) is 40.2 Å². The minimum Gasteiger partial charge on any atom is -0.339 e. The molecule has 2 aliphatic heterocycles. The van der Waals surface area contributed by atoms with Crippen molar-refractivity contribution in [3.8, 4) is 0 Å². The lowest BCUT2D eigenvalue weighted by Crippen LogP contribution is -2.45. The summed E-state index contributed by atoms with van der Waals surface area (Å²) in [4.78, 5) is 14.6. The van der Waals surface area contributed by atoms with Gasteiger partial charge in [0.1, 0.15) is 0 Å². The molecule has 2 aliphatic rings. The largest absolute Gasteiger partial charge is 0.339 e. The molecule has 0 radical (unpaired) electrons. The van der Waals surface area contributed by atoms with Crippen molar-refractivity contribution in [3.63, 3.8) is 0 Å². The number of amides is 1. The molecule has 26 heavy (non-hydrogen) atoms. The second-order valence-corrected chi connectivity index (χ2v) is 7.60. The summed E-state index contributed by atoms with van der Waals surface area (Å²) in [6.07, 6.45) is 5.52. The summed E-state index contributed by atoms with van der Waals surface area (Å²) in [5.74, 6) is 1.17. The number of benzene rings is 1. The molecule has 2 atom stereocenters. The second-order valence-electron chi connectivity index (χ2n) is 7.60. The second kappa shape index (κ2) is 7.21. The zero-order valence-electron chi connectivity index (χ0n) is 15.5. The highest BCUT2D eigenvalue weighted by atomic mass is 16.2. The van der Waals surface area contributed by atoms with Crippen LogP contribution in [0.3, 0.4) is 0 Å². The van der Waals surface area contributed by atoms with Gasteiger partial charge in [-0.25, -0.2) is 0 Å². The average molecular weight is 353 g/mol. The summed E-state index contributed by atoms with van der Waals surface area (Å²) in [6, 6.07) is 9.26. The number of carbonyl (C=O) groups is 1. The van der Waals surface area contributed by atoms with E-state index in [4.69, 9.17) is 0 Å². The van der Waals surface area contributed by atoms with Crippen LogP contribution in [0.5, 0.6) is 0 Å². The van der Waals surface area contributed by atoms with Crippen LogP contribution < -0.4 is 10.9 Å². The number of rotatable bonds is 3. The molecule has 6 heteroatoms. The molecule has 1 aromatic heterocycles. The quantitative estimate of drug-likeness (QED) is 0.884. The average Bonchev–Trinajstić information content (AvgIpc) is 3.30. The van der Waals surface area contributed by atoms with Crippen molar-refractivity contribution in [2.24, 2.45) is 13.0 Å². The zero-order valence-corrected chi connectivity index (χ0v) is 15.5. The van der Waals surface area contributed by atoms with Gasteiger partial charge in [0.2, 0.25) is 0 Å². The summed E-state index contributed by atoms with van der Waals surface area (Å²) in [6.45, 7) is 4.74. The molecule has 1 aromatic carbocycles. The Bertz CT molecular complexity index is 778. The van der Waals surface area contributed by atoms with E-state index in [0.29, 0.717) is 23.4 Å². The van der Waals surface area contributed by atoms with Gasteiger partial charge in [0.15, 0.2) is 0 Å². The Kier molecular flexibility index (Phi) is 4.78. The molecular weight excluding hydrogens is 326 g/mol. The van der Waals surface area contributed by atoms with E-state index >= 15 is 0 Å². The summed E-state index contributed by atoms with van der Waals surface area (Å²) in [5, 5.41) is 4.11. The van der Waals surface area contributed by atoms with Gasteiger partial charge in [-0.2, -0.15) is 5.10 Å². The standard InChI is InChI=1S/C20H27N5O/c1-14-4-3-5-16(10-14)18-12-21-23-19(18)15-6-8-25(9-7-15)20(26)17-11-22-24(2)13-17/h3-5,10-11,13,15,18-19,21,23H,6-9,12H2,1-2H3. The Morgan fingerprint density at radius 2 is 2.08 bits per heavy atom. The van der Waals surface area contributed by atoms with Gasteiger partial charge in [-0.3, -0.25) is 20.3 Å². The first-order valence-corrected chi connectivity index (χ1v) is 9.44. The lowest BCUT2D eigenvalue weighted by Gasteiger charge is -2.36. The van der Waals surface area contributed by atoms with Gasteiger partial charge in [-0.15, -0.1) is 0 Å². The molecule has 138 valence electrons. The van der Waals surface area contributed by atoms with Crippen LogP contribution in [0.25, 0.3) is 0 Å². The van der Waals surface area contributed by atoms with Crippen LogP contribution in [0.4, 0.5) is 0 Å². The Hall–Kier alpha value is -2.18. The van der Waals surface area contributed by atoms with Crippen molar-refractivity contribution in [2.45, 2.75) is 31.7 Å². The first-order valence-electron chi connectivity index (χ1n) is 9.44. The molecule has 2 unspecified atom stereocenters. The monoisotopic (exact) mass is 353 g/mol. The highest BCUT2D eigenvalue weighted by Crippen LogP contribution is 2.32. The van der Waals surface area contributed by atoms with Crippen molar-refractivity contribution in [2.75, 3.05) is 19.6 Å². The first-order chi connectivity index (χ1) is 12.6. The third-order valence-electron chi connectivity index (χ3n) is 5.78. The predicted octanol–water partition coefficient (Wildman–Crippen LogP) is 1.84. The van der Waals surface area contributed by atoms with E-state index in [1.54, 1.807) is 17.1 Å². The molecule has 2 fully saturated rings. The van der Waals surface area contributed by atoms with Crippen molar-refractivity contribution >= 4 is 5.91 Å². The number of aryl methyl sites for hydroxylation is 2. The smallest absolute Gasteiger partial charge is 0.257 e. The molecule has 0 bridgehead atoms. The lowest BCUT2D eigenvalue weighted by molar-refractivity contribution is 0.0670. The molecule has 0 spiro atoms. The number of carbonyl (C=O) groups excluding carboxylic acids is 1. The van der Waals surface area contributed by atoms with Gasteiger partial charge in [0.25, 0.3) is 5.91 Å². The van der Waals surface area contributed by atoms with E-state index in [2.05, 4.69) is 47.1 Å². The van der Waals surface area contributed by atoms with Crippen molar-refractivity contribution < 1.29 is 4.79 Å². The molecule has 2 aromatic rings. The van der Waals surface area contributed by atoms with E-state index in [-0.39, 0.29) is 5.91 Å². The van der Waals surface area contributed by atoms with Gasteiger partial charge in [-0.05, 0) is 31.2 Å². The number of hydrazine groups is 1. The number of nitrogens with zero attached hydrogens (tertiary/aromatic N) is 3. The fourth-order valence-corrected chi connectivity index (χ4v) is 4.36. The van der Waals surface area contributed by atoms with E-state index < -0.39 is 0 Å². The molecule has 1 amide bonds. The maximum absolute atomic E-state index is 12.6. The number of aromatic nitrogens is 2. The van der Waals surface area contributed by atoms with Crippen LogP contribution in [-0.2, 0) is 7.05 Å². The summed E-state index contributed by atoms with van der Waals surface area (Å²) in [7, 11) is 1.84. The topological polar surface area (TPSA) is 62.2 Å². The normalized spacial score (nSPS) is 24.2. The van der Waals surface area contributed by atoms with Gasteiger partial charge in [0.05, 0.1) is 11.8 Å². The van der Waals surface area contributed by atoms with E-state index in [1.165, 1.54) is 11.1 Å². The highest BCUT2D eigenvalue weighted by molar-refractivity contribution is 5.93. The molecular formula is C20H27N5O. The number of nitrogens with one attached hydrogen (secondary N) is 2. The van der Waals surface area contributed by atoms with Crippen LogP contribution in [0, 0.1) is 12.8 Å². The van der Waals surface area contributed by atoms with Crippen LogP contribution in [0.15, 0.2) is 36.7 Å². The number of hydrogen-bond donors (Lipinski definition) is 2.